The van der Waals surface area contributed by atoms with E-state index in [-0.39, 0.29) is 5.82 Å². The van der Waals surface area contributed by atoms with Gasteiger partial charge in [0, 0.05) is 5.69 Å². The number of pyridine rings is 1. The average molecular weight is 291 g/mol. The number of nitrogens with zero attached hydrogens (tertiary/aromatic N) is 1. The molecule has 2 aromatic rings. The van der Waals surface area contributed by atoms with Crippen LogP contribution < -0.4 is 10.6 Å². The van der Waals surface area contributed by atoms with Gasteiger partial charge in [-0.2, -0.15) is 0 Å². The number of aromatic nitrogens is 1. The van der Waals surface area contributed by atoms with E-state index in [0.717, 1.165) is 18.2 Å². The molecule has 0 radical (unpaired) electrons. The molecule has 21 heavy (non-hydrogen) atoms. The molecular formula is C14H11F2N3O2. The van der Waals surface area contributed by atoms with Crippen LogP contribution in [0.5, 0.6) is 0 Å². The van der Waals surface area contributed by atoms with Crippen LogP contribution in [0, 0.1) is 18.6 Å². The Morgan fingerprint density at radius 3 is 2.14 bits per heavy atom. The number of carbonyl (C=O) groups is 2. The van der Waals surface area contributed by atoms with Gasteiger partial charge in [-0.25, -0.2) is 13.8 Å². The number of para-hydroxylation sites is 1. The lowest BCUT2D eigenvalue weighted by Gasteiger charge is -2.08. The summed E-state index contributed by atoms with van der Waals surface area (Å²) in [5.74, 6) is -4.03. The summed E-state index contributed by atoms with van der Waals surface area (Å²) in [5.41, 5.74) is -0.0248. The van der Waals surface area contributed by atoms with E-state index in [1.807, 2.05) is 5.32 Å². The van der Waals surface area contributed by atoms with Crippen molar-refractivity contribution in [1.29, 1.82) is 0 Å². The van der Waals surface area contributed by atoms with Crippen LogP contribution in [-0.4, -0.2) is 16.8 Å². The van der Waals surface area contributed by atoms with Crippen LogP contribution in [0.4, 0.5) is 20.3 Å². The first-order valence-corrected chi connectivity index (χ1v) is 5.97. The second kappa shape index (κ2) is 6.08. The number of hydrogen-bond donors (Lipinski definition) is 2. The van der Waals surface area contributed by atoms with Crippen molar-refractivity contribution in [2.24, 2.45) is 0 Å². The maximum absolute atomic E-state index is 13.4. The summed E-state index contributed by atoms with van der Waals surface area (Å²) >= 11 is 0. The lowest BCUT2D eigenvalue weighted by Crippen LogP contribution is -2.30. The molecule has 0 fully saturated rings. The van der Waals surface area contributed by atoms with E-state index in [9.17, 15) is 18.4 Å². The normalized spacial score (nSPS) is 10.0. The summed E-state index contributed by atoms with van der Waals surface area (Å²) in [4.78, 5) is 27.2. The highest BCUT2D eigenvalue weighted by molar-refractivity contribution is 6.43. The van der Waals surface area contributed by atoms with Gasteiger partial charge in [-0.15, -0.1) is 0 Å². The average Bonchev–Trinajstić information content (AvgIpc) is 2.43. The lowest BCUT2D eigenvalue weighted by atomic mass is 10.3. The summed E-state index contributed by atoms with van der Waals surface area (Å²) in [6.45, 7) is 1.71. The van der Waals surface area contributed by atoms with E-state index in [0.29, 0.717) is 5.69 Å². The first-order valence-electron chi connectivity index (χ1n) is 5.97. The largest absolute Gasteiger partial charge is 0.315 e. The van der Waals surface area contributed by atoms with Crippen molar-refractivity contribution in [2.75, 3.05) is 10.6 Å². The fourth-order valence-corrected chi connectivity index (χ4v) is 1.57. The number of benzene rings is 1. The van der Waals surface area contributed by atoms with Crippen molar-refractivity contribution in [3.05, 3.63) is 53.7 Å². The molecule has 0 unspecified atom stereocenters. The SMILES string of the molecule is Cc1cccc(NC(=O)C(=O)Nc2c(F)cccc2F)n1. The molecule has 0 atom stereocenters. The van der Waals surface area contributed by atoms with Crippen LogP contribution >= 0.6 is 0 Å². The Morgan fingerprint density at radius 2 is 1.52 bits per heavy atom. The van der Waals surface area contributed by atoms with Gasteiger partial charge in [0.05, 0.1) is 0 Å². The molecule has 7 heteroatoms. The molecule has 5 nitrogen and oxygen atoms in total. The van der Waals surface area contributed by atoms with Gasteiger partial charge in [0.1, 0.15) is 23.1 Å². The number of hydrogen-bond acceptors (Lipinski definition) is 3. The molecule has 0 aliphatic carbocycles. The minimum atomic E-state index is -1.19. The zero-order valence-corrected chi connectivity index (χ0v) is 11.0. The molecule has 0 saturated carbocycles. The van der Waals surface area contributed by atoms with Gasteiger partial charge in [-0.1, -0.05) is 12.1 Å². The topological polar surface area (TPSA) is 71.1 Å². The Labute approximate surface area is 119 Å². The Hall–Kier alpha value is -2.83. The van der Waals surface area contributed by atoms with Crippen molar-refractivity contribution in [3.8, 4) is 0 Å². The predicted octanol–water partition coefficient (Wildman–Crippen LogP) is 2.25. The van der Waals surface area contributed by atoms with Gasteiger partial charge < -0.3 is 10.6 Å². The van der Waals surface area contributed by atoms with E-state index in [1.54, 1.807) is 19.1 Å². The van der Waals surface area contributed by atoms with Crippen molar-refractivity contribution >= 4 is 23.3 Å². The fourth-order valence-electron chi connectivity index (χ4n) is 1.57. The molecule has 0 aliphatic heterocycles. The second-order valence-electron chi connectivity index (χ2n) is 4.17. The van der Waals surface area contributed by atoms with Crippen molar-refractivity contribution in [1.82, 2.24) is 4.98 Å². The van der Waals surface area contributed by atoms with Gasteiger partial charge in [0.15, 0.2) is 0 Å². The number of amides is 2. The van der Waals surface area contributed by atoms with Gasteiger partial charge in [0.25, 0.3) is 0 Å². The third kappa shape index (κ3) is 3.59. The Balaban J connectivity index is 2.08. The smallest absolute Gasteiger partial charge is 0.313 e. The van der Waals surface area contributed by atoms with Crippen molar-refractivity contribution < 1.29 is 18.4 Å². The number of nitrogens with one attached hydrogen (secondary N) is 2. The van der Waals surface area contributed by atoms with Gasteiger partial charge in [-0.05, 0) is 31.2 Å². The molecule has 108 valence electrons. The third-order valence-electron chi connectivity index (χ3n) is 2.54. The minimum Gasteiger partial charge on any atom is -0.313 e. The zero-order valence-electron chi connectivity index (χ0n) is 11.0. The van der Waals surface area contributed by atoms with E-state index in [2.05, 4.69) is 10.3 Å². The molecule has 2 N–H and O–H groups in total. The van der Waals surface area contributed by atoms with Crippen molar-refractivity contribution in [3.63, 3.8) is 0 Å². The second-order valence-corrected chi connectivity index (χ2v) is 4.17. The van der Waals surface area contributed by atoms with Crippen LogP contribution in [0.25, 0.3) is 0 Å². The number of carbonyl (C=O) groups excluding carboxylic acids is 2. The molecule has 0 spiro atoms. The van der Waals surface area contributed by atoms with Crippen LogP contribution in [0.1, 0.15) is 5.69 Å². The Bertz CT molecular complexity index is 684. The molecular weight excluding hydrogens is 280 g/mol. The summed E-state index contributed by atoms with van der Waals surface area (Å²) in [6, 6.07) is 7.94. The van der Waals surface area contributed by atoms with E-state index in [1.165, 1.54) is 6.07 Å². The maximum Gasteiger partial charge on any atom is 0.315 e. The highest BCUT2D eigenvalue weighted by Crippen LogP contribution is 2.17. The van der Waals surface area contributed by atoms with Crippen LogP contribution in [0.15, 0.2) is 36.4 Å². The first-order chi connectivity index (χ1) is 9.97. The van der Waals surface area contributed by atoms with E-state index >= 15 is 0 Å². The molecule has 1 heterocycles. The molecule has 0 bridgehead atoms. The Kier molecular flexibility index (Phi) is 4.22. The number of halogens is 2. The number of aryl methyl sites for hydroxylation is 1. The van der Waals surface area contributed by atoms with Crippen LogP contribution in [-0.2, 0) is 9.59 Å². The minimum absolute atomic E-state index is 0.171. The van der Waals surface area contributed by atoms with Gasteiger partial charge >= 0.3 is 11.8 Å². The highest BCUT2D eigenvalue weighted by Gasteiger charge is 2.18. The zero-order chi connectivity index (χ0) is 15.4. The van der Waals surface area contributed by atoms with E-state index < -0.39 is 29.1 Å². The standard InChI is InChI=1S/C14H11F2N3O2/c1-8-4-2-7-11(17-8)18-13(20)14(21)19-12-9(15)5-3-6-10(12)16/h2-7H,1H3,(H,19,21)(H,17,18,20). The predicted molar refractivity (Wildman–Crippen MR) is 72.6 cm³/mol. The van der Waals surface area contributed by atoms with E-state index in [4.69, 9.17) is 0 Å². The summed E-state index contributed by atoms with van der Waals surface area (Å²) in [5, 5.41) is 4.12. The Morgan fingerprint density at radius 1 is 0.952 bits per heavy atom. The first kappa shape index (κ1) is 14.6. The summed E-state index contributed by atoms with van der Waals surface area (Å²) in [7, 11) is 0. The van der Waals surface area contributed by atoms with Gasteiger partial charge in [-0.3, -0.25) is 9.59 Å². The third-order valence-corrected chi connectivity index (χ3v) is 2.54. The number of rotatable bonds is 2. The molecule has 2 rings (SSSR count). The number of anilines is 2. The molecule has 1 aromatic heterocycles. The van der Waals surface area contributed by atoms with Crippen LogP contribution in [0.3, 0.4) is 0 Å². The monoisotopic (exact) mass is 291 g/mol. The highest BCUT2D eigenvalue weighted by atomic mass is 19.1. The molecule has 1 aromatic carbocycles. The fraction of sp³-hybridized carbons (Fsp3) is 0.0714. The summed E-state index contributed by atoms with van der Waals surface area (Å²) in [6.07, 6.45) is 0. The van der Waals surface area contributed by atoms with Crippen molar-refractivity contribution in [2.45, 2.75) is 6.92 Å². The maximum atomic E-state index is 13.4. The molecule has 0 saturated heterocycles. The lowest BCUT2D eigenvalue weighted by molar-refractivity contribution is -0.133. The van der Waals surface area contributed by atoms with Crippen LogP contribution in [0.2, 0.25) is 0 Å². The molecule has 2 amide bonds. The van der Waals surface area contributed by atoms with Gasteiger partial charge in [0.2, 0.25) is 0 Å². The molecule has 0 aliphatic rings. The quantitative estimate of drug-likeness (QED) is 0.834. The summed E-state index contributed by atoms with van der Waals surface area (Å²) < 4.78 is 26.7.